The molecule has 4 nitrogen and oxygen atoms in total. The van der Waals surface area contributed by atoms with Gasteiger partial charge in [0.1, 0.15) is 11.2 Å². The van der Waals surface area contributed by atoms with E-state index in [0.29, 0.717) is 6.04 Å². The summed E-state index contributed by atoms with van der Waals surface area (Å²) in [7, 11) is 0. The number of hydrogen-bond donors (Lipinski definition) is 1. The van der Waals surface area contributed by atoms with Gasteiger partial charge in [0.15, 0.2) is 0 Å². The smallest absolute Gasteiger partial charge is 0.232 e. The summed E-state index contributed by atoms with van der Waals surface area (Å²) >= 11 is 0. The summed E-state index contributed by atoms with van der Waals surface area (Å²) in [5.74, 6) is 0.985. The number of nitrogens with two attached hydrogens (primary N) is 1. The minimum atomic E-state index is -0.815. The molecule has 144 valence electrons. The van der Waals surface area contributed by atoms with Crippen LogP contribution < -0.4 is 5.73 Å². The molecule has 0 aliphatic heterocycles. The lowest BCUT2D eigenvalue weighted by Crippen LogP contribution is -2.47. The fraction of sp³-hybridized carbons (Fsp3) is 0.333. The van der Waals surface area contributed by atoms with E-state index in [9.17, 15) is 4.79 Å². The Morgan fingerprint density at radius 1 is 1.07 bits per heavy atom. The van der Waals surface area contributed by atoms with E-state index in [2.05, 4.69) is 22.7 Å². The van der Waals surface area contributed by atoms with E-state index < -0.39 is 5.41 Å². The van der Waals surface area contributed by atoms with Gasteiger partial charge in [0.2, 0.25) is 5.91 Å². The zero-order valence-corrected chi connectivity index (χ0v) is 16.3. The van der Waals surface area contributed by atoms with Crippen molar-refractivity contribution < 1.29 is 4.79 Å². The molecule has 4 rings (SSSR count). The van der Waals surface area contributed by atoms with E-state index >= 15 is 0 Å². The molecule has 1 aromatic heterocycles. The van der Waals surface area contributed by atoms with Crippen LogP contribution in [-0.4, -0.2) is 15.5 Å². The van der Waals surface area contributed by atoms with Crippen molar-refractivity contribution in [1.82, 2.24) is 9.55 Å². The van der Waals surface area contributed by atoms with Gasteiger partial charge in [0.25, 0.3) is 0 Å². The van der Waals surface area contributed by atoms with Crippen molar-refractivity contribution in [3.63, 3.8) is 0 Å². The zero-order valence-electron chi connectivity index (χ0n) is 16.3. The predicted octanol–water partition coefficient (Wildman–Crippen LogP) is 4.26. The third kappa shape index (κ3) is 2.93. The maximum atomic E-state index is 13.1. The largest absolute Gasteiger partial charge is 0.369 e. The molecule has 28 heavy (non-hydrogen) atoms. The number of aryl methyl sites for hydroxylation is 1. The number of carbonyl (C=O) groups is 1. The Balaban J connectivity index is 1.80. The SMILES string of the molecule is CCc1nccn1C1CCC(C(C(N)=O)(c2ccccc2)c2ccccc2)C1. The topological polar surface area (TPSA) is 60.9 Å². The van der Waals surface area contributed by atoms with Crippen molar-refractivity contribution in [2.24, 2.45) is 11.7 Å². The van der Waals surface area contributed by atoms with Gasteiger partial charge in [-0.2, -0.15) is 0 Å². The van der Waals surface area contributed by atoms with Gasteiger partial charge in [-0.1, -0.05) is 67.6 Å². The Labute approximate surface area is 166 Å². The van der Waals surface area contributed by atoms with Gasteiger partial charge in [-0.3, -0.25) is 4.79 Å². The summed E-state index contributed by atoms with van der Waals surface area (Å²) in [4.78, 5) is 17.6. The summed E-state index contributed by atoms with van der Waals surface area (Å²) in [6, 6.07) is 20.5. The number of imidazole rings is 1. The summed E-state index contributed by atoms with van der Waals surface area (Å²) in [5.41, 5.74) is 7.34. The number of aromatic nitrogens is 2. The molecule has 1 saturated carbocycles. The maximum Gasteiger partial charge on any atom is 0.232 e. The Morgan fingerprint density at radius 2 is 1.68 bits per heavy atom. The van der Waals surface area contributed by atoms with Crippen LogP contribution in [0.15, 0.2) is 73.1 Å². The Bertz CT molecular complexity index is 893. The summed E-state index contributed by atoms with van der Waals surface area (Å²) in [6.45, 7) is 2.13. The fourth-order valence-corrected chi connectivity index (χ4v) is 5.08. The third-order valence-corrected chi connectivity index (χ3v) is 6.32. The van der Waals surface area contributed by atoms with Gasteiger partial charge in [-0.25, -0.2) is 4.98 Å². The van der Waals surface area contributed by atoms with Gasteiger partial charge in [0, 0.05) is 24.9 Å². The first-order chi connectivity index (χ1) is 13.7. The van der Waals surface area contributed by atoms with Crippen LogP contribution in [0.1, 0.15) is 49.2 Å². The molecule has 2 unspecified atom stereocenters. The lowest BCUT2D eigenvalue weighted by molar-refractivity contribution is -0.123. The van der Waals surface area contributed by atoms with Crippen LogP contribution in [0.25, 0.3) is 0 Å². The van der Waals surface area contributed by atoms with Crippen molar-refractivity contribution in [2.45, 2.75) is 44.1 Å². The van der Waals surface area contributed by atoms with Crippen LogP contribution in [0, 0.1) is 5.92 Å². The second-order valence-corrected chi connectivity index (χ2v) is 7.67. The van der Waals surface area contributed by atoms with Crippen LogP contribution in [0.2, 0.25) is 0 Å². The lowest BCUT2D eigenvalue weighted by Gasteiger charge is -2.37. The van der Waals surface area contributed by atoms with Crippen molar-refractivity contribution in [2.75, 3.05) is 0 Å². The first-order valence-electron chi connectivity index (χ1n) is 10.1. The first-order valence-corrected chi connectivity index (χ1v) is 10.1. The quantitative estimate of drug-likeness (QED) is 0.702. The van der Waals surface area contributed by atoms with Gasteiger partial charge in [-0.05, 0) is 36.3 Å². The highest BCUT2D eigenvalue weighted by Crippen LogP contribution is 2.50. The molecule has 1 amide bonds. The molecule has 3 aromatic rings. The van der Waals surface area contributed by atoms with E-state index in [4.69, 9.17) is 5.73 Å². The van der Waals surface area contributed by atoms with Gasteiger partial charge in [-0.15, -0.1) is 0 Å². The number of amides is 1. The predicted molar refractivity (Wildman–Crippen MR) is 111 cm³/mol. The second kappa shape index (κ2) is 7.63. The second-order valence-electron chi connectivity index (χ2n) is 7.67. The number of nitrogens with zero attached hydrogens (tertiary/aromatic N) is 2. The third-order valence-electron chi connectivity index (χ3n) is 6.32. The van der Waals surface area contributed by atoms with E-state index in [1.54, 1.807) is 0 Å². The van der Waals surface area contributed by atoms with Crippen LogP contribution >= 0.6 is 0 Å². The Kier molecular flexibility index (Phi) is 5.03. The van der Waals surface area contributed by atoms with Gasteiger partial charge in [0.05, 0.1) is 0 Å². The normalized spacial score (nSPS) is 19.6. The van der Waals surface area contributed by atoms with E-state index in [1.807, 2.05) is 66.9 Å². The number of carbonyl (C=O) groups excluding carboxylic acids is 1. The molecule has 1 aliphatic carbocycles. The average molecular weight is 374 g/mol. The molecule has 1 heterocycles. The first kappa shape index (κ1) is 18.5. The molecule has 1 fully saturated rings. The molecule has 0 spiro atoms. The number of rotatable bonds is 6. The standard InChI is InChI=1S/C24H27N3O/c1-2-22-26-15-16-27(22)21-14-13-20(17-21)24(23(25)28,18-9-5-3-6-10-18)19-11-7-4-8-12-19/h3-12,15-16,20-21H,2,13-14,17H2,1H3,(H2,25,28). The van der Waals surface area contributed by atoms with Crippen molar-refractivity contribution in [3.05, 3.63) is 90.0 Å². The van der Waals surface area contributed by atoms with Crippen LogP contribution in [0.4, 0.5) is 0 Å². The molecule has 1 aliphatic rings. The summed E-state index contributed by atoms with van der Waals surface area (Å²) < 4.78 is 2.29. The highest BCUT2D eigenvalue weighted by Gasteiger charge is 2.50. The molecular weight excluding hydrogens is 346 g/mol. The number of hydrogen-bond acceptors (Lipinski definition) is 2. The minimum absolute atomic E-state index is 0.145. The summed E-state index contributed by atoms with van der Waals surface area (Å²) in [5, 5.41) is 0. The van der Waals surface area contributed by atoms with Gasteiger partial charge < -0.3 is 10.3 Å². The Morgan fingerprint density at radius 3 is 2.21 bits per heavy atom. The minimum Gasteiger partial charge on any atom is -0.369 e. The lowest BCUT2D eigenvalue weighted by atomic mass is 9.64. The van der Waals surface area contributed by atoms with E-state index in [0.717, 1.165) is 42.6 Å². The molecule has 2 aromatic carbocycles. The highest BCUT2D eigenvalue weighted by molar-refractivity contribution is 5.91. The van der Waals surface area contributed by atoms with Gasteiger partial charge >= 0.3 is 0 Å². The summed E-state index contributed by atoms with van der Waals surface area (Å²) in [6.07, 6.45) is 7.76. The van der Waals surface area contributed by atoms with Crippen LogP contribution in [0.5, 0.6) is 0 Å². The van der Waals surface area contributed by atoms with Crippen LogP contribution in [-0.2, 0) is 16.6 Å². The molecule has 4 heteroatoms. The Hall–Kier alpha value is -2.88. The molecular formula is C24H27N3O. The number of primary amides is 1. The van der Waals surface area contributed by atoms with E-state index in [-0.39, 0.29) is 11.8 Å². The van der Waals surface area contributed by atoms with Crippen molar-refractivity contribution >= 4 is 5.91 Å². The van der Waals surface area contributed by atoms with Crippen molar-refractivity contribution in [1.29, 1.82) is 0 Å². The zero-order chi connectivity index (χ0) is 19.6. The highest BCUT2D eigenvalue weighted by atomic mass is 16.1. The number of benzene rings is 2. The maximum absolute atomic E-state index is 13.1. The molecule has 2 N–H and O–H groups in total. The van der Waals surface area contributed by atoms with E-state index in [1.165, 1.54) is 0 Å². The average Bonchev–Trinajstić information content (AvgIpc) is 3.39. The van der Waals surface area contributed by atoms with Crippen LogP contribution in [0.3, 0.4) is 0 Å². The monoisotopic (exact) mass is 373 g/mol. The molecule has 2 atom stereocenters. The molecule has 0 radical (unpaired) electrons. The fourth-order valence-electron chi connectivity index (χ4n) is 5.08. The van der Waals surface area contributed by atoms with Crippen molar-refractivity contribution in [3.8, 4) is 0 Å². The molecule has 0 bridgehead atoms. The molecule has 0 saturated heterocycles.